The lowest BCUT2D eigenvalue weighted by Crippen LogP contribution is -2.11. The Hall–Kier alpha value is -2.38. The molecule has 2 rings (SSSR count). The van der Waals surface area contributed by atoms with Crippen LogP contribution in [0.1, 0.15) is 23.2 Å². The van der Waals surface area contributed by atoms with Crippen molar-refractivity contribution in [1.29, 1.82) is 0 Å². The number of esters is 1. The van der Waals surface area contributed by atoms with Crippen LogP contribution in [0.3, 0.4) is 0 Å². The van der Waals surface area contributed by atoms with Gasteiger partial charge in [0.25, 0.3) is 0 Å². The second kappa shape index (κ2) is 4.86. The topological polar surface area (TPSA) is 101 Å². The van der Waals surface area contributed by atoms with Crippen molar-refractivity contribution in [3.05, 3.63) is 24.2 Å². The van der Waals surface area contributed by atoms with Crippen molar-refractivity contribution in [2.45, 2.75) is 20.0 Å². The van der Waals surface area contributed by atoms with Crippen LogP contribution in [-0.2, 0) is 17.8 Å². The molecule has 0 aliphatic rings. The molecule has 0 spiro atoms. The Labute approximate surface area is 103 Å². The number of nitrogens with zero attached hydrogens (tertiary/aromatic N) is 5. The van der Waals surface area contributed by atoms with E-state index in [1.54, 1.807) is 10.9 Å². The fourth-order valence-electron chi connectivity index (χ4n) is 1.59. The molecule has 8 heteroatoms. The monoisotopic (exact) mass is 250 g/mol. The van der Waals surface area contributed by atoms with E-state index in [0.29, 0.717) is 6.54 Å². The number of rotatable bonds is 4. The van der Waals surface area contributed by atoms with Crippen LogP contribution in [0.5, 0.6) is 0 Å². The highest BCUT2D eigenvalue weighted by Gasteiger charge is 2.17. The van der Waals surface area contributed by atoms with Gasteiger partial charge in [0.1, 0.15) is 12.1 Å². The molecular weight excluding hydrogens is 236 g/mol. The third-order valence-electron chi connectivity index (χ3n) is 2.61. The van der Waals surface area contributed by atoms with E-state index in [0.717, 1.165) is 12.4 Å². The SMILES string of the molecule is CCn1cnnc1Cn1cnc(C(=O)OC)c1N. The number of hydrogen-bond acceptors (Lipinski definition) is 6. The Bertz CT molecular complexity index is 558. The van der Waals surface area contributed by atoms with Gasteiger partial charge in [0.15, 0.2) is 11.5 Å². The fraction of sp³-hybridized carbons (Fsp3) is 0.400. The van der Waals surface area contributed by atoms with Gasteiger partial charge >= 0.3 is 5.97 Å². The molecule has 0 fully saturated rings. The number of hydrogen-bond donors (Lipinski definition) is 1. The average Bonchev–Trinajstić information content (AvgIpc) is 2.97. The molecular formula is C10H14N6O2. The van der Waals surface area contributed by atoms with Crippen LogP contribution in [-0.4, -0.2) is 37.4 Å². The minimum absolute atomic E-state index is 0.111. The average molecular weight is 250 g/mol. The summed E-state index contributed by atoms with van der Waals surface area (Å²) in [6.07, 6.45) is 3.12. The molecule has 0 aliphatic heterocycles. The second-order valence-corrected chi connectivity index (χ2v) is 3.63. The van der Waals surface area contributed by atoms with Gasteiger partial charge in [-0.2, -0.15) is 0 Å². The van der Waals surface area contributed by atoms with Crippen molar-refractivity contribution in [1.82, 2.24) is 24.3 Å². The smallest absolute Gasteiger partial charge is 0.360 e. The number of aryl methyl sites for hydroxylation is 1. The summed E-state index contributed by atoms with van der Waals surface area (Å²) in [4.78, 5) is 15.3. The second-order valence-electron chi connectivity index (χ2n) is 3.63. The molecule has 0 radical (unpaired) electrons. The van der Waals surface area contributed by atoms with Gasteiger partial charge in [-0.05, 0) is 6.92 Å². The molecule has 0 saturated carbocycles. The van der Waals surface area contributed by atoms with Crippen molar-refractivity contribution in [3.63, 3.8) is 0 Å². The van der Waals surface area contributed by atoms with Gasteiger partial charge in [-0.3, -0.25) is 0 Å². The highest BCUT2D eigenvalue weighted by Crippen LogP contribution is 2.12. The summed E-state index contributed by atoms with van der Waals surface area (Å²) in [5, 5.41) is 7.81. The maximum Gasteiger partial charge on any atom is 0.360 e. The minimum Gasteiger partial charge on any atom is -0.464 e. The number of aromatic nitrogens is 5. The molecule has 18 heavy (non-hydrogen) atoms. The van der Waals surface area contributed by atoms with Gasteiger partial charge < -0.3 is 19.6 Å². The first-order chi connectivity index (χ1) is 8.67. The zero-order valence-electron chi connectivity index (χ0n) is 10.2. The van der Waals surface area contributed by atoms with Crippen LogP contribution in [0.25, 0.3) is 0 Å². The van der Waals surface area contributed by atoms with E-state index in [2.05, 4.69) is 19.9 Å². The standard InChI is InChI=1S/C10H14N6O2/c1-3-15-6-13-14-7(15)4-16-5-12-8(9(16)11)10(17)18-2/h5-6H,3-4,11H2,1-2H3. The van der Waals surface area contributed by atoms with Crippen molar-refractivity contribution in [2.75, 3.05) is 12.8 Å². The number of anilines is 1. The molecule has 0 unspecified atom stereocenters. The third kappa shape index (κ3) is 2.04. The van der Waals surface area contributed by atoms with E-state index in [-0.39, 0.29) is 11.5 Å². The van der Waals surface area contributed by atoms with Crippen molar-refractivity contribution < 1.29 is 9.53 Å². The van der Waals surface area contributed by atoms with Gasteiger partial charge in [-0.1, -0.05) is 0 Å². The van der Waals surface area contributed by atoms with Crippen LogP contribution >= 0.6 is 0 Å². The van der Waals surface area contributed by atoms with Crippen LogP contribution in [0.15, 0.2) is 12.7 Å². The predicted molar refractivity (Wildman–Crippen MR) is 62.8 cm³/mol. The summed E-state index contributed by atoms with van der Waals surface area (Å²) >= 11 is 0. The fourth-order valence-corrected chi connectivity index (χ4v) is 1.59. The van der Waals surface area contributed by atoms with E-state index in [9.17, 15) is 4.79 Å². The molecule has 96 valence electrons. The van der Waals surface area contributed by atoms with E-state index in [1.165, 1.54) is 13.4 Å². The maximum absolute atomic E-state index is 11.4. The summed E-state index contributed by atoms with van der Waals surface area (Å²) in [6.45, 7) is 3.16. The Morgan fingerprint density at radius 2 is 2.22 bits per heavy atom. The number of carbonyl (C=O) groups is 1. The van der Waals surface area contributed by atoms with E-state index >= 15 is 0 Å². The number of nitrogens with two attached hydrogens (primary N) is 1. The quantitative estimate of drug-likeness (QED) is 0.761. The molecule has 2 aromatic heterocycles. The summed E-state index contributed by atoms with van der Waals surface area (Å²) in [5.74, 6) is 0.453. The largest absolute Gasteiger partial charge is 0.464 e. The van der Waals surface area contributed by atoms with Crippen molar-refractivity contribution in [2.24, 2.45) is 0 Å². The number of carbonyl (C=O) groups excluding carboxylic acids is 1. The van der Waals surface area contributed by atoms with Gasteiger partial charge in [-0.25, -0.2) is 9.78 Å². The first-order valence-electron chi connectivity index (χ1n) is 5.43. The number of methoxy groups -OCH3 is 1. The first-order valence-corrected chi connectivity index (χ1v) is 5.43. The number of ether oxygens (including phenoxy) is 1. The van der Waals surface area contributed by atoms with E-state index < -0.39 is 5.97 Å². The third-order valence-corrected chi connectivity index (χ3v) is 2.61. The Morgan fingerprint density at radius 1 is 1.44 bits per heavy atom. The summed E-state index contributed by atoms with van der Waals surface area (Å²) in [6, 6.07) is 0. The Kier molecular flexibility index (Phi) is 3.26. The minimum atomic E-state index is -0.553. The number of nitrogen functional groups attached to an aromatic ring is 1. The lowest BCUT2D eigenvalue weighted by atomic mass is 10.4. The first kappa shape index (κ1) is 12.1. The molecule has 8 nitrogen and oxygen atoms in total. The lowest BCUT2D eigenvalue weighted by molar-refractivity contribution is 0.0596. The molecule has 0 amide bonds. The zero-order valence-corrected chi connectivity index (χ0v) is 10.2. The molecule has 2 N–H and O–H groups in total. The summed E-state index contributed by atoms with van der Waals surface area (Å²) < 4.78 is 8.10. The van der Waals surface area contributed by atoms with Crippen LogP contribution in [0, 0.1) is 0 Å². The van der Waals surface area contributed by atoms with Crippen LogP contribution in [0.2, 0.25) is 0 Å². The van der Waals surface area contributed by atoms with Gasteiger partial charge in [0, 0.05) is 6.54 Å². The number of imidazole rings is 1. The summed E-state index contributed by atoms with van der Waals surface area (Å²) in [5.41, 5.74) is 5.94. The van der Waals surface area contributed by atoms with Crippen molar-refractivity contribution in [3.8, 4) is 0 Å². The summed E-state index contributed by atoms with van der Waals surface area (Å²) in [7, 11) is 1.29. The van der Waals surface area contributed by atoms with E-state index in [1.807, 2.05) is 11.5 Å². The van der Waals surface area contributed by atoms with Gasteiger partial charge in [0.05, 0.1) is 20.0 Å². The molecule has 0 bridgehead atoms. The maximum atomic E-state index is 11.4. The van der Waals surface area contributed by atoms with Crippen LogP contribution in [0.4, 0.5) is 5.82 Å². The Balaban J connectivity index is 2.25. The Morgan fingerprint density at radius 3 is 2.89 bits per heavy atom. The molecule has 2 aromatic rings. The van der Waals surface area contributed by atoms with Crippen LogP contribution < -0.4 is 5.73 Å². The highest BCUT2D eigenvalue weighted by atomic mass is 16.5. The van der Waals surface area contributed by atoms with Crippen molar-refractivity contribution >= 4 is 11.8 Å². The van der Waals surface area contributed by atoms with Gasteiger partial charge in [-0.15, -0.1) is 10.2 Å². The normalized spacial score (nSPS) is 10.6. The van der Waals surface area contributed by atoms with Gasteiger partial charge in [0.2, 0.25) is 0 Å². The van der Waals surface area contributed by atoms with E-state index in [4.69, 9.17) is 5.73 Å². The molecule has 0 aromatic carbocycles. The molecule has 0 atom stereocenters. The zero-order chi connectivity index (χ0) is 13.1. The predicted octanol–water partition coefficient (Wildman–Crippen LogP) is -0.0884. The lowest BCUT2D eigenvalue weighted by Gasteiger charge is -2.06. The molecule has 0 aliphatic carbocycles. The highest BCUT2D eigenvalue weighted by molar-refractivity contribution is 5.92. The molecule has 0 saturated heterocycles. The molecule has 2 heterocycles.